The number of thiol groups is 1. The highest BCUT2D eigenvalue weighted by atomic mass is 32.1. The van der Waals surface area contributed by atoms with Gasteiger partial charge in [0.1, 0.15) is 23.9 Å². The van der Waals surface area contributed by atoms with E-state index in [1.807, 2.05) is 0 Å². The maximum Gasteiger partial charge on any atom is 0.326 e. The van der Waals surface area contributed by atoms with Crippen LogP contribution in [0.3, 0.4) is 0 Å². The standard InChI is InChI=1S/C23H30N6O8S/c24-15(5-6-19(31)32)20(33)27-16(7-12-1-3-14(30)4-2-12)21(34)29-18(10-38)22(35)28-17(23(36)37)8-13-9-25-11-26-13/h1-4,9,11,15-18,30,38H,5-8,10,24H2,(H,25,26)(H,27,33)(H,28,35)(H,29,34)(H,31,32)(H,36,37). The number of carbonyl (C=O) groups excluding carboxylic acids is 3. The lowest BCUT2D eigenvalue weighted by molar-refractivity contribution is -0.142. The Morgan fingerprint density at radius 3 is 2.08 bits per heavy atom. The second-order valence-electron chi connectivity index (χ2n) is 8.39. The average molecular weight is 551 g/mol. The molecule has 0 radical (unpaired) electrons. The van der Waals surface area contributed by atoms with E-state index in [2.05, 4.69) is 38.5 Å². The van der Waals surface area contributed by atoms with Crippen LogP contribution in [-0.2, 0) is 36.8 Å². The number of carboxylic acids is 2. The first kappa shape index (κ1) is 30.1. The van der Waals surface area contributed by atoms with Crippen LogP contribution in [0.25, 0.3) is 0 Å². The number of phenols is 1. The molecule has 1 heterocycles. The lowest BCUT2D eigenvalue weighted by Gasteiger charge is -2.24. The van der Waals surface area contributed by atoms with Gasteiger partial charge in [0, 0.05) is 36.9 Å². The second kappa shape index (κ2) is 14.6. The molecule has 3 amide bonds. The summed E-state index contributed by atoms with van der Waals surface area (Å²) in [6, 6.07) is 0.823. The molecule has 0 saturated carbocycles. The van der Waals surface area contributed by atoms with Crippen LogP contribution in [0.15, 0.2) is 36.8 Å². The topological polar surface area (TPSA) is 237 Å². The second-order valence-corrected chi connectivity index (χ2v) is 8.76. The SMILES string of the molecule is NC(CCC(=O)O)C(=O)NC(Cc1ccc(O)cc1)C(=O)NC(CS)C(=O)NC(Cc1cnc[nH]1)C(=O)O. The number of nitrogens with one attached hydrogen (secondary N) is 4. The van der Waals surface area contributed by atoms with Crippen LogP contribution in [0.4, 0.5) is 0 Å². The number of imidazole rings is 1. The molecule has 0 aliphatic carbocycles. The summed E-state index contributed by atoms with van der Waals surface area (Å²) in [7, 11) is 0. The summed E-state index contributed by atoms with van der Waals surface area (Å²) in [4.78, 5) is 67.5. The number of hydrogen-bond donors (Lipinski definition) is 9. The first-order valence-electron chi connectivity index (χ1n) is 11.5. The molecular formula is C23H30N6O8S. The van der Waals surface area contributed by atoms with Crippen molar-refractivity contribution in [3.8, 4) is 5.75 Å². The molecule has 2 aromatic rings. The maximum absolute atomic E-state index is 13.1. The molecule has 0 bridgehead atoms. The van der Waals surface area contributed by atoms with Crippen LogP contribution in [0.1, 0.15) is 24.1 Å². The minimum absolute atomic E-state index is 0.00981. The Hall–Kier alpha value is -4.11. The van der Waals surface area contributed by atoms with Crippen molar-refractivity contribution >= 4 is 42.3 Å². The normalized spacial score (nSPS) is 13.9. The molecule has 1 aromatic carbocycles. The van der Waals surface area contributed by atoms with Gasteiger partial charge in [-0.05, 0) is 24.1 Å². The first-order valence-corrected chi connectivity index (χ1v) is 12.1. The van der Waals surface area contributed by atoms with Crippen molar-refractivity contribution in [2.24, 2.45) is 5.73 Å². The van der Waals surface area contributed by atoms with Crippen LogP contribution in [-0.4, -0.2) is 84.9 Å². The van der Waals surface area contributed by atoms with Crippen molar-refractivity contribution in [2.45, 2.75) is 49.9 Å². The highest BCUT2D eigenvalue weighted by molar-refractivity contribution is 7.80. The third-order valence-corrected chi connectivity index (χ3v) is 5.79. The zero-order valence-corrected chi connectivity index (χ0v) is 21.1. The largest absolute Gasteiger partial charge is 0.508 e. The zero-order chi connectivity index (χ0) is 28.2. The summed E-state index contributed by atoms with van der Waals surface area (Å²) in [6.07, 6.45) is 2.13. The quantitative estimate of drug-likeness (QED) is 0.117. The number of phenolic OH excluding ortho intramolecular Hbond substituents is 1. The molecule has 1 aromatic heterocycles. The van der Waals surface area contributed by atoms with Crippen LogP contribution >= 0.6 is 12.6 Å². The Kier molecular flexibility index (Phi) is 11.6. The van der Waals surface area contributed by atoms with E-state index in [1.54, 1.807) is 0 Å². The molecule has 14 nitrogen and oxygen atoms in total. The third-order valence-electron chi connectivity index (χ3n) is 5.42. The molecule has 15 heteroatoms. The van der Waals surface area contributed by atoms with E-state index in [4.69, 9.17) is 10.8 Å². The van der Waals surface area contributed by atoms with Gasteiger partial charge in [0.25, 0.3) is 0 Å². The predicted octanol–water partition coefficient (Wildman–Crippen LogP) is -1.44. The highest BCUT2D eigenvalue weighted by Crippen LogP contribution is 2.12. The van der Waals surface area contributed by atoms with E-state index < -0.39 is 53.8 Å². The lowest BCUT2D eigenvalue weighted by atomic mass is 10.0. The van der Waals surface area contributed by atoms with E-state index >= 15 is 0 Å². The number of aliphatic carboxylic acids is 2. The number of aromatic amines is 1. The van der Waals surface area contributed by atoms with Crippen molar-refractivity contribution in [3.63, 3.8) is 0 Å². The van der Waals surface area contributed by atoms with Crippen molar-refractivity contribution in [3.05, 3.63) is 48.0 Å². The molecule has 2 rings (SSSR count). The average Bonchev–Trinajstić information content (AvgIpc) is 3.39. The number of carbonyl (C=O) groups is 5. The summed E-state index contributed by atoms with van der Waals surface area (Å²) in [5.41, 5.74) is 6.79. The van der Waals surface area contributed by atoms with Crippen molar-refractivity contribution in [2.75, 3.05) is 5.75 Å². The fraction of sp³-hybridized carbons (Fsp3) is 0.391. The molecule has 4 atom stereocenters. The van der Waals surface area contributed by atoms with Gasteiger partial charge in [0.05, 0.1) is 12.4 Å². The number of aromatic hydroxyl groups is 1. The van der Waals surface area contributed by atoms with Gasteiger partial charge in [0.15, 0.2) is 0 Å². The van der Waals surface area contributed by atoms with Gasteiger partial charge in [-0.1, -0.05) is 12.1 Å². The van der Waals surface area contributed by atoms with Gasteiger partial charge in [-0.2, -0.15) is 12.6 Å². The Morgan fingerprint density at radius 2 is 1.53 bits per heavy atom. The minimum Gasteiger partial charge on any atom is -0.508 e. The maximum atomic E-state index is 13.1. The molecule has 0 spiro atoms. The van der Waals surface area contributed by atoms with Gasteiger partial charge >= 0.3 is 11.9 Å². The summed E-state index contributed by atoms with van der Waals surface area (Å²) in [6.45, 7) is 0. The summed E-state index contributed by atoms with van der Waals surface area (Å²) >= 11 is 4.09. The van der Waals surface area contributed by atoms with E-state index in [1.165, 1.54) is 36.8 Å². The smallest absolute Gasteiger partial charge is 0.326 e. The van der Waals surface area contributed by atoms with Crippen molar-refractivity contribution in [1.82, 2.24) is 25.9 Å². The van der Waals surface area contributed by atoms with Crippen molar-refractivity contribution < 1.29 is 39.3 Å². The van der Waals surface area contributed by atoms with Crippen LogP contribution in [0, 0.1) is 0 Å². The van der Waals surface area contributed by atoms with Gasteiger partial charge in [-0.25, -0.2) is 9.78 Å². The Balaban J connectivity index is 2.13. The fourth-order valence-electron chi connectivity index (χ4n) is 3.32. The molecule has 0 aliphatic rings. The zero-order valence-electron chi connectivity index (χ0n) is 20.2. The Morgan fingerprint density at radius 1 is 0.921 bits per heavy atom. The third kappa shape index (κ3) is 9.74. The number of nitrogens with two attached hydrogens (primary N) is 1. The van der Waals surface area contributed by atoms with Crippen LogP contribution < -0.4 is 21.7 Å². The Bertz CT molecular complexity index is 1110. The number of amides is 3. The summed E-state index contributed by atoms with van der Waals surface area (Å²) in [5.74, 6) is -5.01. The van der Waals surface area contributed by atoms with E-state index in [0.717, 1.165) is 0 Å². The van der Waals surface area contributed by atoms with Crippen LogP contribution in [0.5, 0.6) is 5.75 Å². The van der Waals surface area contributed by atoms with Crippen LogP contribution in [0.2, 0.25) is 0 Å². The van der Waals surface area contributed by atoms with Gasteiger partial charge in [-0.15, -0.1) is 0 Å². The number of carboxylic acid groups (broad SMARTS) is 2. The molecular weight excluding hydrogens is 520 g/mol. The molecule has 0 saturated heterocycles. The number of H-pyrrole nitrogens is 1. The molecule has 206 valence electrons. The summed E-state index contributed by atoms with van der Waals surface area (Å²) in [5, 5.41) is 35.1. The molecule has 9 N–H and O–H groups in total. The molecule has 0 aliphatic heterocycles. The van der Waals surface area contributed by atoms with Gasteiger partial charge in [0.2, 0.25) is 17.7 Å². The van der Waals surface area contributed by atoms with Gasteiger partial charge in [-0.3, -0.25) is 19.2 Å². The lowest BCUT2D eigenvalue weighted by Crippen LogP contribution is -2.58. The Labute approximate surface area is 222 Å². The van der Waals surface area contributed by atoms with Gasteiger partial charge < -0.3 is 42.0 Å². The minimum atomic E-state index is -1.32. The molecule has 0 fully saturated rings. The highest BCUT2D eigenvalue weighted by Gasteiger charge is 2.30. The van der Waals surface area contributed by atoms with Crippen molar-refractivity contribution in [1.29, 1.82) is 0 Å². The monoisotopic (exact) mass is 550 g/mol. The summed E-state index contributed by atoms with van der Waals surface area (Å²) < 4.78 is 0. The number of nitrogens with zero attached hydrogens (tertiary/aromatic N) is 1. The number of aromatic nitrogens is 2. The molecule has 38 heavy (non-hydrogen) atoms. The van der Waals surface area contributed by atoms with E-state index in [-0.39, 0.29) is 37.2 Å². The van der Waals surface area contributed by atoms with E-state index in [9.17, 15) is 34.2 Å². The number of hydrogen-bond acceptors (Lipinski definition) is 9. The fourth-order valence-corrected chi connectivity index (χ4v) is 3.58. The predicted molar refractivity (Wildman–Crippen MR) is 136 cm³/mol. The first-order chi connectivity index (χ1) is 18.0. The number of benzene rings is 1. The molecule has 4 unspecified atom stereocenters. The number of rotatable bonds is 15. The van der Waals surface area contributed by atoms with E-state index in [0.29, 0.717) is 11.3 Å².